The zero-order valence-corrected chi connectivity index (χ0v) is 18.0. The van der Waals surface area contributed by atoms with Gasteiger partial charge in [-0.2, -0.15) is 5.26 Å². The predicted octanol–water partition coefficient (Wildman–Crippen LogP) is 4.77. The van der Waals surface area contributed by atoms with Crippen LogP contribution in [-0.4, -0.2) is 9.30 Å². The average Bonchev–Trinajstić information content (AvgIpc) is 3.51. The first-order chi connectivity index (χ1) is 13.7. The standard InChI is InChI=1S/C23H28FN3OS/c1-22(2,3)29(28)27-23(12-11-16-7-8-16,18-6-4-5-17(13-18)15-25)19-9-10-20(24)21(26)14-19/h4-6,9-10,13-14,16,27H,7-8,11-12,26H2,1-3H3/t23-,29-/m1/s1. The van der Waals surface area contributed by atoms with Crippen LogP contribution >= 0.6 is 0 Å². The third kappa shape index (κ3) is 4.92. The fourth-order valence-corrected chi connectivity index (χ4v) is 4.39. The van der Waals surface area contributed by atoms with Gasteiger partial charge in [0.05, 0.1) is 17.3 Å². The first-order valence-electron chi connectivity index (χ1n) is 9.91. The monoisotopic (exact) mass is 413 g/mol. The van der Waals surface area contributed by atoms with Crippen molar-refractivity contribution in [1.29, 1.82) is 5.26 Å². The van der Waals surface area contributed by atoms with Gasteiger partial charge in [-0.15, -0.1) is 4.72 Å². The Morgan fingerprint density at radius 2 is 1.90 bits per heavy atom. The van der Waals surface area contributed by atoms with Crippen molar-refractivity contribution in [3.05, 3.63) is 65.0 Å². The van der Waals surface area contributed by atoms with E-state index in [0.717, 1.165) is 17.5 Å². The lowest BCUT2D eigenvalue weighted by molar-refractivity contribution is 0.401. The number of nitrogen functional groups attached to an aromatic ring is 1. The Bertz CT molecular complexity index is 917. The van der Waals surface area contributed by atoms with Gasteiger partial charge in [0.1, 0.15) is 16.1 Å². The average molecular weight is 414 g/mol. The largest absolute Gasteiger partial charge is 0.598 e. The quantitative estimate of drug-likeness (QED) is 0.506. The van der Waals surface area contributed by atoms with Gasteiger partial charge in [-0.3, -0.25) is 0 Å². The molecule has 0 amide bonds. The second kappa shape index (κ2) is 8.35. The minimum atomic E-state index is -1.39. The van der Waals surface area contributed by atoms with Crippen molar-refractivity contribution in [2.75, 3.05) is 5.73 Å². The molecule has 3 rings (SSSR count). The lowest BCUT2D eigenvalue weighted by Crippen LogP contribution is -2.52. The zero-order valence-electron chi connectivity index (χ0n) is 17.2. The minimum Gasteiger partial charge on any atom is -0.598 e. The highest BCUT2D eigenvalue weighted by Gasteiger charge is 2.43. The number of nitrogens with two attached hydrogens (primary N) is 1. The van der Waals surface area contributed by atoms with Crippen molar-refractivity contribution in [2.45, 2.75) is 56.7 Å². The van der Waals surface area contributed by atoms with Crippen molar-refractivity contribution in [2.24, 2.45) is 5.92 Å². The topological polar surface area (TPSA) is 84.9 Å². The summed E-state index contributed by atoms with van der Waals surface area (Å²) in [4.78, 5) is 0. The molecule has 6 heteroatoms. The summed E-state index contributed by atoms with van der Waals surface area (Å²) < 4.78 is 30.0. The Morgan fingerprint density at radius 1 is 1.21 bits per heavy atom. The van der Waals surface area contributed by atoms with Gasteiger partial charge in [0.15, 0.2) is 0 Å². The van der Waals surface area contributed by atoms with Crippen molar-refractivity contribution < 1.29 is 8.94 Å². The van der Waals surface area contributed by atoms with Crippen molar-refractivity contribution in [3.8, 4) is 6.07 Å². The molecule has 154 valence electrons. The van der Waals surface area contributed by atoms with Gasteiger partial charge in [-0.05, 0) is 74.9 Å². The van der Waals surface area contributed by atoms with Gasteiger partial charge >= 0.3 is 0 Å². The van der Waals surface area contributed by atoms with E-state index >= 15 is 0 Å². The second-order valence-electron chi connectivity index (χ2n) is 8.80. The number of nitrogens with one attached hydrogen (secondary N) is 1. The van der Waals surface area contributed by atoms with Crippen LogP contribution in [0.5, 0.6) is 0 Å². The molecule has 1 aliphatic carbocycles. The number of halogens is 1. The van der Waals surface area contributed by atoms with E-state index in [0.29, 0.717) is 17.9 Å². The third-order valence-corrected chi connectivity index (χ3v) is 7.07. The normalized spacial score (nSPS) is 17.4. The molecule has 2 atom stereocenters. The van der Waals surface area contributed by atoms with E-state index in [-0.39, 0.29) is 5.69 Å². The molecule has 1 saturated carbocycles. The van der Waals surface area contributed by atoms with Crippen LogP contribution < -0.4 is 10.5 Å². The summed E-state index contributed by atoms with van der Waals surface area (Å²) in [5.74, 6) is 0.170. The molecule has 0 saturated heterocycles. The van der Waals surface area contributed by atoms with Gasteiger partial charge in [0, 0.05) is 11.4 Å². The molecular weight excluding hydrogens is 385 g/mol. The van der Waals surface area contributed by atoms with E-state index in [1.165, 1.54) is 18.9 Å². The lowest BCUT2D eigenvalue weighted by Gasteiger charge is -2.39. The van der Waals surface area contributed by atoms with Crippen LogP contribution in [0.2, 0.25) is 0 Å². The maximum absolute atomic E-state index is 13.9. The van der Waals surface area contributed by atoms with Gasteiger partial charge in [0.25, 0.3) is 0 Å². The molecule has 4 nitrogen and oxygen atoms in total. The first-order valence-corrected chi connectivity index (χ1v) is 11.1. The summed E-state index contributed by atoms with van der Waals surface area (Å²) in [5.41, 5.74) is 7.23. The molecule has 1 fully saturated rings. The molecule has 0 spiro atoms. The van der Waals surface area contributed by atoms with E-state index in [2.05, 4.69) is 10.8 Å². The molecular formula is C23H28FN3OS. The first kappa shape index (κ1) is 21.6. The number of hydrogen-bond acceptors (Lipinski definition) is 4. The Kier molecular flexibility index (Phi) is 6.23. The summed E-state index contributed by atoms with van der Waals surface area (Å²) in [6, 6.07) is 14.2. The second-order valence-corrected chi connectivity index (χ2v) is 10.8. The van der Waals surface area contributed by atoms with Crippen LogP contribution in [0.15, 0.2) is 42.5 Å². The zero-order chi connectivity index (χ0) is 21.2. The van der Waals surface area contributed by atoms with Crippen molar-refractivity contribution in [3.63, 3.8) is 0 Å². The van der Waals surface area contributed by atoms with Crippen LogP contribution in [0, 0.1) is 23.1 Å². The fourth-order valence-electron chi connectivity index (χ4n) is 3.43. The van der Waals surface area contributed by atoms with Gasteiger partial charge < -0.3 is 10.3 Å². The number of rotatable bonds is 7. The highest BCUT2D eigenvalue weighted by molar-refractivity contribution is 7.90. The Hall–Kier alpha value is -2.07. The van der Waals surface area contributed by atoms with E-state index in [4.69, 9.17) is 5.73 Å². The summed E-state index contributed by atoms with van der Waals surface area (Å²) in [7, 11) is 0. The molecule has 0 aliphatic heterocycles. The van der Waals surface area contributed by atoms with Crippen LogP contribution in [0.4, 0.5) is 10.1 Å². The molecule has 0 bridgehead atoms. The Morgan fingerprint density at radius 3 is 2.48 bits per heavy atom. The van der Waals surface area contributed by atoms with Gasteiger partial charge in [0.2, 0.25) is 0 Å². The Labute approximate surface area is 175 Å². The third-order valence-electron chi connectivity index (χ3n) is 5.42. The predicted molar refractivity (Wildman–Crippen MR) is 116 cm³/mol. The number of nitriles is 1. The summed E-state index contributed by atoms with van der Waals surface area (Å²) in [5, 5.41) is 9.42. The molecule has 0 heterocycles. The van der Waals surface area contributed by atoms with Crippen LogP contribution in [-0.2, 0) is 16.9 Å². The molecule has 0 radical (unpaired) electrons. The highest BCUT2D eigenvalue weighted by atomic mass is 32.2. The van der Waals surface area contributed by atoms with Crippen molar-refractivity contribution in [1.82, 2.24) is 4.72 Å². The van der Waals surface area contributed by atoms with Gasteiger partial charge in [-0.1, -0.05) is 31.0 Å². The minimum absolute atomic E-state index is 0.0538. The van der Waals surface area contributed by atoms with Crippen LogP contribution in [0.3, 0.4) is 0 Å². The van der Waals surface area contributed by atoms with Gasteiger partial charge in [-0.25, -0.2) is 4.39 Å². The van der Waals surface area contributed by atoms with E-state index in [9.17, 15) is 14.2 Å². The highest BCUT2D eigenvalue weighted by Crippen LogP contribution is 2.43. The maximum atomic E-state index is 13.9. The van der Waals surface area contributed by atoms with Crippen LogP contribution in [0.1, 0.15) is 63.1 Å². The maximum Gasteiger partial charge on any atom is 0.146 e. The van der Waals surface area contributed by atoms with Crippen LogP contribution in [0.25, 0.3) is 0 Å². The SMILES string of the molecule is CC(C)(C)[S@@+]([O-])N[C@](CCC1CC1)(c1cccc(C#N)c1)c1ccc(F)c(N)c1. The number of nitrogens with zero attached hydrogens (tertiary/aromatic N) is 1. The summed E-state index contributed by atoms with van der Waals surface area (Å²) in [6.45, 7) is 5.73. The van der Waals surface area contributed by atoms with E-state index in [1.54, 1.807) is 18.2 Å². The van der Waals surface area contributed by atoms with Crippen molar-refractivity contribution >= 4 is 17.0 Å². The Balaban J connectivity index is 2.18. The van der Waals surface area contributed by atoms with E-state index < -0.39 is 27.5 Å². The number of benzene rings is 2. The smallest absolute Gasteiger partial charge is 0.146 e. The number of anilines is 1. The molecule has 0 unspecified atom stereocenters. The lowest BCUT2D eigenvalue weighted by atomic mass is 9.79. The summed E-state index contributed by atoms with van der Waals surface area (Å²) in [6.07, 6.45) is 4.02. The molecule has 0 aromatic heterocycles. The summed E-state index contributed by atoms with van der Waals surface area (Å²) >= 11 is -1.39. The molecule has 1 aliphatic rings. The molecule has 2 aromatic carbocycles. The molecule has 3 N–H and O–H groups in total. The molecule has 2 aromatic rings. The fraction of sp³-hybridized carbons (Fsp3) is 0.435. The number of hydrogen-bond donors (Lipinski definition) is 2. The van der Waals surface area contributed by atoms with E-state index in [1.807, 2.05) is 39.0 Å². The molecule has 29 heavy (non-hydrogen) atoms.